The van der Waals surface area contributed by atoms with Crippen molar-refractivity contribution in [2.75, 3.05) is 12.8 Å². The lowest BCUT2D eigenvalue weighted by Crippen LogP contribution is -2.39. The van der Waals surface area contributed by atoms with Crippen LogP contribution in [-0.2, 0) is 10.0 Å². The van der Waals surface area contributed by atoms with E-state index in [-0.39, 0.29) is 9.64 Å². The summed E-state index contributed by atoms with van der Waals surface area (Å²) in [6.07, 6.45) is 3.76. The van der Waals surface area contributed by atoms with Crippen LogP contribution in [0.2, 0.25) is 0 Å². The number of halogens is 1. The molecule has 3 nitrogen and oxygen atoms in total. The molecular formula is C13H20FNO2S2. The van der Waals surface area contributed by atoms with E-state index >= 15 is 0 Å². The number of benzene rings is 1. The highest BCUT2D eigenvalue weighted by molar-refractivity contribution is 8.00. The highest BCUT2D eigenvalue weighted by Gasteiger charge is 2.27. The average Bonchev–Trinajstić information content (AvgIpc) is 2.41. The Bertz CT molecular complexity index is 488. The van der Waals surface area contributed by atoms with Crippen molar-refractivity contribution < 1.29 is 12.8 Å². The van der Waals surface area contributed by atoms with Crippen LogP contribution >= 0.6 is 11.8 Å². The first-order chi connectivity index (χ1) is 8.89. The summed E-state index contributed by atoms with van der Waals surface area (Å²) in [4.78, 5) is 0.0936. The number of sulfonamides is 1. The van der Waals surface area contributed by atoms with Crippen LogP contribution in [0.25, 0.3) is 0 Å². The van der Waals surface area contributed by atoms with Crippen molar-refractivity contribution in [3.63, 3.8) is 0 Å². The van der Waals surface area contributed by atoms with Crippen molar-refractivity contribution in [1.82, 2.24) is 4.72 Å². The molecular weight excluding hydrogens is 285 g/mol. The first-order valence-corrected chi connectivity index (χ1v) is 8.90. The SMILES string of the molecule is CCC(CC)(CNS(=O)(=O)c1ccc(F)cc1)SC. The highest BCUT2D eigenvalue weighted by atomic mass is 32.2. The Morgan fingerprint density at radius 2 is 1.74 bits per heavy atom. The third-order valence-electron chi connectivity index (χ3n) is 3.43. The normalized spacial score (nSPS) is 12.6. The molecule has 0 fully saturated rings. The van der Waals surface area contributed by atoms with Crippen LogP contribution in [0, 0.1) is 5.82 Å². The van der Waals surface area contributed by atoms with Gasteiger partial charge in [0.2, 0.25) is 10.0 Å². The van der Waals surface area contributed by atoms with Gasteiger partial charge in [0.15, 0.2) is 0 Å². The van der Waals surface area contributed by atoms with E-state index in [0.29, 0.717) is 6.54 Å². The van der Waals surface area contributed by atoms with Crippen LogP contribution in [0.4, 0.5) is 4.39 Å². The molecule has 0 atom stereocenters. The maximum absolute atomic E-state index is 12.8. The maximum atomic E-state index is 12.8. The largest absolute Gasteiger partial charge is 0.240 e. The molecule has 0 saturated heterocycles. The number of hydrogen-bond acceptors (Lipinski definition) is 3. The molecule has 6 heteroatoms. The minimum atomic E-state index is -3.57. The summed E-state index contributed by atoms with van der Waals surface area (Å²) < 4.78 is 39.5. The van der Waals surface area contributed by atoms with Crippen LogP contribution in [0.5, 0.6) is 0 Å². The van der Waals surface area contributed by atoms with Crippen molar-refractivity contribution in [2.45, 2.75) is 36.3 Å². The van der Waals surface area contributed by atoms with Crippen molar-refractivity contribution in [2.24, 2.45) is 0 Å². The molecule has 1 N–H and O–H groups in total. The van der Waals surface area contributed by atoms with E-state index in [0.717, 1.165) is 25.0 Å². The predicted molar refractivity (Wildman–Crippen MR) is 78.4 cm³/mol. The summed E-state index contributed by atoms with van der Waals surface area (Å²) in [6, 6.07) is 4.85. The van der Waals surface area contributed by atoms with Gasteiger partial charge in [0.25, 0.3) is 0 Å². The van der Waals surface area contributed by atoms with E-state index in [9.17, 15) is 12.8 Å². The Morgan fingerprint density at radius 1 is 1.21 bits per heavy atom. The molecule has 0 aromatic heterocycles. The first-order valence-electron chi connectivity index (χ1n) is 6.19. The summed E-state index contributed by atoms with van der Waals surface area (Å²) in [7, 11) is -3.57. The Balaban J connectivity index is 2.83. The van der Waals surface area contributed by atoms with Crippen LogP contribution in [-0.4, -0.2) is 26.0 Å². The highest BCUT2D eigenvalue weighted by Crippen LogP contribution is 2.30. The van der Waals surface area contributed by atoms with Gasteiger partial charge in [-0.3, -0.25) is 0 Å². The standard InChI is InChI=1S/C13H20FNO2S2/c1-4-13(5-2,18-3)10-15-19(16,17)12-8-6-11(14)7-9-12/h6-9,15H,4-5,10H2,1-3H3. The van der Waals surface area contributed by atoms with Gasteiger partial charge < -0.3 is 0 Å². The third-order valence-corrected chi connectivity index (χ3v) is 6.43. The van der Waals surface area contributed by atoms with Crippen LogP contribution < -0.4 is 4.72 Å². The van der Waals surface area contributed by atoms with Crippen LogP contribution in [0.15, 0.2) is 29.2 Å². The maximum Gasteiger partial charge on any atom is 0.240 e. The molecule has 0 spiro atoms. The zero-order chi connectivity index (χ0) is 14.5. The lowest BCUT2D eigenvalue weighted by Gasteiger charge is -2.29. The quantitative estimate of drug-likeness (QED) is 0.842. The average molecular weight is 305 g/mol. The summed E-state index contributed by atoms with van der Waals surface area (Å²) in [5.74, 6) is -0.445. The monoisotopic (exact) mass is 305 g/mol. The second-order valence-electron chi connectivity index (χ2n) is 4.37. The van der Waals surface area contributed by atoms with Gasteiger partial charge >= 0.3 is 0 Å². The smallest absolute Gasteiger partial charge is 0.210 e. The molecule has 0 radical (unpaired) electrons. The van der Waals surface area contributed by atoms with Crippen molar-refractivity contribution >= 4 is 21.8 Å². The van der Waals surface area contributed by atoms with Gasteiger partial charge in [0.05, 0.1) is 4.90 Å². The Kier molecular flexibility index (Phi) is 5.82. The Labute approximate surface area is 119 Å². The lowest BCUT2D eigenvalue weighted by molar-refractivity contribution is 0.522. The Morgan fingerprint density at radius 3 is 2.16 bits per heavy atom. The third kappa shape index (κ3) is 4.19. The minimum Gasteiger partial charge on any atom is -0.210 e. The molecule has 0 aliphatic carbocycles. The summed E-state index contributed by atoms with van der Waals surface area (Å²) in [5.41, 5.74) is 0. The molecule has 0 aliphatic rings. The number of hydrogen-bond donors (Lipinski definition) is 1. The number of thioether (sulfide) groups is 1. The first kappa shape index (κ1) is 16.5. The molecule has 0 amide bonds. The molecule has 0 aliphatic heterocycles. The van der Waals surface area contributed by atoms with E-state index < -0.39 is 15.8 Å². The molecule has 0 saturated carbocycles. The topological polar surface area (TPSA) is 46.2 Å². The van der Waals surface area contributed by atoms with E-state index in [4.69, 9.17) is 0 Å². The molecule has 19 heavy (non-hydrogen) atoms. The second kappa shape index (κ2) is 6.72. The van der Waals surface area contributed by atoms with Crippen molar-refractivity contribution in [3.8, 4) is 0 Å². The fourth-order valence-electron chi connectivity index (χ4n) is 1.78. The lowest BCUT2D eigenvalue weighted by atomic mass is 10.0. The fourth-order valence-corrected chi connectivity index (χ4v) is 3.80. The second-order valence-corrected chi connectivity index (χ2v) is 7.41. The van der Waals surface area contributed by atoms with E-state index in [1.807, 2.05) is 20.1 Å². The van der Waals surface area contributed by atoms with Crippen LogP contribution in [0.1, 0.15) is 26.7 Å². The molecule has 1 aromatic carbocycles. The van der Waals surface area contributed by atoms with Gasteiger partial charge in [0.1, 0.15) is 5.82 Å². The van der Waals surface area contributed by atoms with Crippen molar-refractivity contribution in [3.05, 3.63) is 30.1 Å². The minimum absolute atomic E-state index is 0.0902. The number of rotatable bonds is 7. The van der Waals surface area contributed by atoms with Crippen LogP contribution in [0.3, 0.4) is 0 Å². The van der Waals surface area contributed by atoms with Gasteiger partial charge in [-0.1, -0.05) is 13.8 Å². The van der Waals surface area contributed by atoms with Gasteiger partial charge in [-0.05, 0) is 43.4 Å². The zero-order valence-electron chi connectivity index (χ0n) is 11.4. The summed E-state index contributed by atoms with van der Waals surface area (Å²) in [5, 5.41) is 0. The number of nitrogens with one attached hydrogen (secondary N) is 1. The van der Waals surface area contributed by atoms with Gasteiger partial charge in [-0.15, -0.1) is 0 Å². The molecule has 1 rings (SSSR count). The van der Waals surface area contributed by atoms with E-state index in [2.05, 4.69) is 4.72 Å². The summed E-state index contributed by atoms with van der Waals surface area (Å²) in [6.45, 7) is 4.47. The molecule has 108 valence electrons. The van der Waals surface area contributed by atoms with Gasteiger partial charge in [-0.2, -0.15) is 11.8 Å². The summed E-state index contributed by atoms with van der Waals surface area (Å²) >= 11 is 1.67. The van der Waals surface area contributed by atoms with Gasteiger partial charge in [-0.25, -0.2) is 17.5 Å². The van der Waals surface area contributed by atoms with E-state index in [1.54, 1.807) is 11.8 Å². The zero-order valence-corrected chi connectivity index (χ0v) is 13.1. The fraction of sp³-hybridized carbons (Fsp3) is 0.538. The van der Waals surface area contributed by atoms with Crippen molar-refractivity contribution in [1.29, 1.82) is 0 Å². The molecule has 0 unspecified atom stereocenters. The Hall–Kier alpha value is -0.590. The molecule has 0 bridgehead atoms. The molecule has 1 aromatic rings. The predicted octanol–water partition coefficient (Wildman–Crippen LogP) is 3.03. The van der Waals surface area contributed by atoms with E-state index in [1.165, 1.54) is 12.1 Å². The van der Waals surface area contributed by atoms with Gasteiger partial charge in [0, 0.05) is 11.3 Å². The molecule has 0 heterocycles.